The number of nitriles is 1. The van der Waals surface area contributed by atoms with E-state index in [0.717, 1.165) is 29.4 Å². The number of halogens is 3. The van der Waals surface area contributed by atoms with E-state index in [1.807, 2.05) is 30.3 Å². The zero-order valence-electron chi connectivity index (χ0n) is 23.4. The van der Waals surface area contributed by atoms with Gasteiger partial charge in [0, 0.05) is 19.5 Å². The summed E-state index contributed by atoms with van der Waals surface area (Å²) in [6, 6.07) is 13.9. The first-order valence-corrected chi connectivity index (χ1v) is 14.0. The lowest BCUT2D eigenvalue weighted by Crippen LogP contribution is -2.58. The number of anilines is 1. The van der Waals surface area contributed by atoms with Crippen molar-refractivity contribution in [2.75, 3.05) is 24.5 Å². The van der Waals surface area contributed by atoms with Crippen LogP contribution in [-0.4, -0.2) is 53.5 Å². The van der Waals surface area contributed by atoms with Gasteiger partial charge in [0.25, 0.3) is 0 Å². The lowest BCUT2D eigenvalue weighted by Gasteiger charge is -2.45. The Labute approximate surface area is 242 Å². The predicted molar refractivity (Wildman–Crippen MR) is 145 cm³/mol. The van der Waals surface area contributed by atoms with E-state index in [9.17, 15) is 27.6 Å². The van der Waals surface area contributed by atoms with Crippen LogP contribution < -0.4 is 4.90 Å². The standard InChI is InChI=1S/C31H32F3N3O5/c1-29-18-36(14-8-4-7-11-24(38)41-17-20-9-5-3-6-10-20)19-30(2,42-29)26-25(29)27(39)37(28(26)40)22-13-12-21(16-35)23(15-22)31(32,33)34/h3,5-6,9-10,12-13,15,25-26H,4,7-8,11,14,17-19H2,1-2H3/t25?,26?,29-,30+. The van der Waals surface area contributed by atoms with Gasteiger partial charge in [-0.25, -0.2) is 4.90 Å². The van der Waals surface area contributed by atoms with Crippen molar-refractivity contribution >= 4 is 23.5 Å². The molecule has 2 aromatic rings. The van der Waals surface area contributed by atoms with Gasteiger partial charge in [-0.05, 0) is 57.0 Å². The molecule has 0 saturated carbocycles. The molecule has 3 saturated heterocycles. The number of hydrogen-bond donors (Lipinski definition) is 0. The average Bonchev–Trinajstić information content (AvgIpc) is 3.31. The molecule has 8 nitrogen and oxygen atoms in total. The molecular formula is C31H32F3N3O5. The number of likely N-dealkylation sites (tertiary alicyclic amines) is 1. The van der Waals surface area contributed by atoms with Crippen molar-refractivity contribution < 1.29 is 37.0 Å². The Kier molecular flexibility index (Phi) is 7.89. The van der Waals surface area contributed by atoms with Gasteiger partial charge >= 0.3 is 12.1 Å². The van der Waals surface area contributed by atoms with Crippen LogP contribution in [0, 0.1) is 23.2 Å². The molecular weight excluding hydrogens is 551 g/mol. The molecule has 5 rings (SSSR count). The number of ether oxygens (including phenoxy) is 2. The highest BCUT2D eigenvalue weighted by atomic mass is 19.4. The Bertz CT molecular complexity index is 1390. The van der Waals surface area contributed by atoms with Gasteiger partial charge in [-0.3, -0.25) is 19.3 Å². The first-order valence-electron chi connectivity index (χ1n) is 14.0. The Hall–Kier alpha value is -3.75. The molecule has 3 aliphatic rings. The lowest BCUT2D eigenvalue weighted by atomic mass is 9.79. The van der Waals surface area contributed by atoms with E-state index in [2.05, 4.69) is 4.90 Å². The first kappa shape index (κ1) is 29.7. The van der Waals surface area contributed by atoms with Crippen molar-refractivity contribution in [3.63, 3.8) is 0 Å². The minimum atomic E-state index is -4.82. The van der Waals surface area contributed by atoms with Crippen molar-refractivity contribution in [3.8, 4) is 6.07 Å². The van der Waals surface area contributed by atoms with E-state index < -0.39 is 52.2 Å². The number of hydrogen-bond acceptors (Lipinski definition) is 7. The molecule has 2 amide bonds. The Balaban J connectivity index is 1.19. The summed E-state index contributed by atoms with van der Waals surface area (Å²) in [7, 11) is 0. The SMILES string of the molecule is C[C@]12CN(CCCCCC(=O)OCc3ccccc3)C[C@](C)(O1)C1C(=O)N(c3ccc(C#N)c(C(F)(F)F)c3)C(=O)C12. The molecule has 3 aliphatic heterocycles. The van der Waals surface area contributed by atoms with Crippen molar-refractivity contribution in [2.24, 2.45) is 11.8 Å². The third-order valence-electron chi connectivity index (χ3n) is 8.45. The lowest BCUT2D eigenvalue weighted by molar-refractivity contribution is -0.169. The number of nitrogens with zero attached hydrogens (tertiary/aromatic N) is 3. The molecule has 3 fully saturated rings. The van der Waals surface area contributed by atoms with Crippen LogP contribution in [0.4, 0.5) is 18.9 Å². The van der Waals surface area contributed by atoms with Crippen LogP contribution in [0.2, 0.25) is 0 Å². The zero-order valence-corrected chi connectivity index (χ0v) is 23.4. The third-order valence-corrected chi connectivity index (χ3v) is 8.45. The van der Waals surface area contributed by atoms with Crippen LogP contribution >= 0.6 is 0 Å². The number of carbonyl (C=O) groups excluding carboxylic acids is 3. The van der Waals surface area contributed by atoms with E-state index in [1.54, 1.807) is 13.8 Å². The maximum absolute atomic E-state index is 13.6. The molecule has 2 bridgehead atoms. The average molecular weight is 584 g/mol. The maximum atomic E-state index is 13.6. The summed E-state index contributed by atoms with van der Waals surface area (Å²) >= 11 is 0. The smallest absolute Gasteiger partial charge is 0.417 e. The summed E-state index contributed by atoms with van der Waals surface area (Å²) in [5.74, 6) is -3.12. The van der Waals surface area contributed by atoms with Gasteiger partial charge in [0.1, 0.15) is 6.61 Å². The normalized spacial score (nSPS) is 27.2. The fourth-order valence-electron chi connectivity index (χ4n) is 6.77. The van der Waals surface area contributed by atoms with Gasteiger partial charge in [0.05, 0.1) is 45.9 Å². The highest BCUT2D eigenvalue weighted by Crippen LogP contribution is 2.55. The van der Waals surface area contributed by atoms with Crippen molar-refractivity contribution in [1.82, 2.24) is 4.90 Å². The monoisotopic (exact) mass is 583 g/mol. The molecule has 3 heterocycles. The van der Waals surface area contributed by atoms with Crippen LogP contribution in [0.25, 0.3) is 0 Å². The number of esters is 1. The first-order chi connectivity index (χ1) is 19.9. The van der Waals surface area contributed by atoms with Gasteiger partial charge in [0.15, 0.2) is 0 Å². The molecule has 222 valence electrons. The summed E-state index contributed by atoms with van der Waals surface area (Å²) in [5, 5.41) is 9.11. The predicted octanol–water partition coefficient (Wildman–Crippen LogP) is 4.85. The van der Waals surface area contributed by atoms with Crippen LogP contribution in [-0.2, 0) is 36.6 Å². The van der Waals surface area contributed by atoms with E-state index >= 15 is 0 Å². The molecule has 2 unspecified atom stereocenters. The van der Waals surface area contributed by atoms with Crippen molar-refractivity contribution in [2.45, 2.75) is 63.5 Å². The van der Waals surface area contributed by atoms with Crippen LogP contribution in [0.15, 0.2) is 48.5 Å². The van der Waals surface area contributed by atoms with E-state index in [0.29, 0.717) is 38.5 Å². The number of amides is 2. The number of imide groups is 1. The van der Waals surface area contributed by atoms with Gasteiger partial charge in [-0.15, -0.1) is 0 Å². The zero-order chi connectivity index (χ0) is 30.3. The molecule has 11 heteroatoms. The minimum absolute atomic E-state index is 0.199. The molecule has 0 spiro atoms. The summed E-state index contributed by atoms with van der Waals surface area (Å²) in [4.78, 5) is 42.3. The Morgan fingerprint density at radius 1 is 1.02 bits per heavy atom. The third kappa shape index (κ3) is 5.53. The number of fused-ring (bicyclic) bond motifs is 5. The Morgan fingerprint density at radius 2 is 1.67 bits per heavy atom. The largest absolute Gasteiger partial charge is 0.461 e. The second kappa shape index (κ2) is 11.2. The van der Waals surface area contributed by atoms with Gasteiger partial charge in [-0.2, -0.15) is 18.4 Å². The molecule has 4 atom stereocenters. The summed E-state index contributed by atoms with van der Waals surface area (Å²) in [6.45, 7) is 5.26. The summed E-state index contributed by atoms with van der Waals surface area (Å²) < 4.78 is 52.4. The molecule has 42 heavy (non-hydrogen) atoms. The quantitative estimate of drug-likeness (QED) is 0.236. The molecule has 0 N–H and O–H groups in total. The van der Waals surface area contributed by atoms with Crippen molar-refractivity contribution in [3.05, 3.63) is 65.2 Å². The van der Waals surface area contributed by atoms with Gasteiger partial charge < -0.3 is 9.47 Å². The Morgan fingerprint density at radius 3 is 2.26 bits per heavy atom. The number of alkyl halides is 3. The number of benzene rings is 2. The maximum Gasteiger partial charge on any atom is 0.417 e. The van der Waals surface area contributed by atoms with E-state index in [-0.39, 0.29) is 18.3 Å². The number of rotatable bonds is 9. The minimum Gasteiger partial charge on any atom is -0.461 e. The fraction of sp³-hybridized carbons (Fsp3) is 0.484. The van der Waals surface area contributed by atoms with Crippen molar-refractivity contribution in [1.29, 1.82) is 5.26 Å². The number of morpholine rings is 1. The second-order valence-electron chi connectivity index (χ2n) is 11.7. The van der Waals surface area contributed by atoms with E-state index in [1.165, 1.54) is 12.1 Å². The topological polar surface area (TPSA) is 99.9 Å². The highest BCUT2D eigenvalue weighted by Gasteiger charge is 2.71. The van der Waals surface area contributed by atoms with Crippen LogP contribution in [0.5, 0.6) is 0 Å². The molecule has 2 aromatic carbocycles. The molecule has 0 aromatic heterocycles. The second-order valence-corrected chi connectivity index (χ2v) is 11.7. The summed E-state index contributed by atoms with van der Waals surface area (Å²) in [5.41, 5.74) is -3.04. The van der Waals surface area contributed by atoms with Crippen LogP contribution in [0.3, 0.4) is 0 Å². The number of unbranched alkanes of at least 4 members (excludes halogenated alkanes) is 2. The van der Waals surface area contributed by atoms with Crippen LogP contribution in [0.1, 0.15) is 56.2 Å². The highest BCUT2D eigenvalue weighted by molar-refractivity contribution is 6.23. The fourth-order valence-corrected chi connectivity index (χ4v) is 6.77. The molecule has 0 radical (unpaired) electrons. The molecule has 0 aliphatic carbocycles. The van der Waals surface area contributed by atoms with E-state index in [4.69, 9.17) is 14.7 Å². The van der Waals surface area contributed by atoms with Gasteiger partial charge in [0.2, 0.25) is 11.8 Å². The number of carbonyl (C=O) groups is 3. The summed E-state index contributed by atoms with van der Waals surface area (Å²) in [6.07, 6.45) is -2.23. The van der Waals surface area contributed by atoms with Gasteiger partial charge in [-0.1, -0.05) is 36.8 Å².